The van der Waals surface area contributed by atoms with Crippen molar-refractivity contribution in [3.8, 4) is 0 Å². The van der Waals surface area contributed by atoms with Crippen molar-refractivity contribution in [3.63, 3.8) is 0 Å². The number of aromatic nitrogens is 3. The number of amides is 1. The summed E-state index contributed by atoms with van der Waals surface area (Å²) >= 11 is 0. The van der Waals surface area contributed by atoms with Gasteiger partial charge in [0.05, 0.1) is 6.04 Å². The zero-order valence-electron chi connectivity index (χ0n) is 8.87. The van der Waals surface area contributed by atoms with Crippen LogP contribution in [0.25, 0.3) is 0 Å². The van der Waals surface area contributed by atoms with Crippen molar-refractivity contribution < 1.29 is 4.79 Å². The van der Waals surface area contributed by atoms with E-state index in [9.17, 15) is 4.79 Å². The van der Waals surface area contributed by atoms with Crippen LogP contribution in [0.4, 0.5) is 4.79 Å². The Bertz CT molecular complexity index is 452. The standard InChI is InChI=1S/C11H12N4O/c1-9(10-3-2-4-12-7-10)14-11(16)15-6-5-13-8-15/h2-9H,1H3,(H,14,16). The summed E-state index contributed by atoms with van der Waals surface area (Å²) in [5.74, 6) is 0. The van der Waals surface area contributed by atoms with E-state index < -0.39 is 0 Å². The van der Waals surface area contributed by atoms with Crippen LogP contribution in [0.5, 0.6) is 0 Å². The zero-order chi connectivity index (χ0) is 11.4. The van der Waals surface area contributed by atoms with Gasteiger partial charge in [-0.05, 0) is 18.6 Å². The topological polar surface area (TPSA) is 59.8 Å². The van der Waals surface area contributed by atoms with Gasteiger partial charge >= 0.3 is 6.03 Å². The van der Waals surface area contributed by atoms with Crippen LogP contribution < -0.4 is 5.32 Å². The van der Waals surface area contributed by atoms with Crippen molar-refractivity contribution in [3.05, 3.63) is 48.8 Å². The molecule has 0 aliphatic heterocycles. The molecule has 2 aromatic rings. The van der Waals surface area contributed by atoms with Crippen molar-refractivity contribution in [1.29, 1.82) is 0 Å². The van der Waals surface area contributed by atoms with E-state index in [1.54, 1.807) is 24.8 Å². The third-order valence-electron chi connectivity index (χ3n) is 2.26. The Labute approximate surface area is 93.2 Å². The molecule has 0 saturated carbocycles. The molecule has 0 saturated heterocycles. The minimum atomic E-state index is -0.200. The summed E-state index contributed by atoms with van der Waals surface area (Å²) in [6.07, 6.45) is 8.07. The van der Waals surface area contributed by atoms with Gasteiger partial charge in [0.25, 0.3) is 0 Å². The smallest absolute Gasteiger partial charge is 0.327 e. The molecule has 0 radical (unpaired) electrons. The number of carbonyl (C=O) groups excluding carboxylic acids is 1. The van der Waals surface area contributed by atoms with Crippen molar-refractivity contribution in [2.75, 3.05) is 0 Å². The van der Waals surface area contributed by atoms with Crippen LogP contribution in [-0.2, 0) is 0 Å². The molecule has 2 rings (SSSR count). The van der Waals surface area contributed by atoms with Crippen molar-refractivity contribution >= 4 is 6.03 Å². The molecule has 82 valence electrons. The first-order valence-corrected chi connectivity index (χ1v) is 4.96. The number of imidazole rings is 1. The summed E-state index contributed by atoms with van der Waals surface area (Å²) in [4.78, 5) is 19.5. The largest absolute Gasteiger partial charge is 0.331 e. The van der Waals surface area contributed by atoms with E-state index in [1.165, 1.54) is 10.9 Å². The minimum absolute atomic E-state index is 0.0800. The van der Waals surface area contributed by atoms with Gasteiger partial charge in [0.2, 0.25) is 0 Å². The molecule has 0 bridgehead atoms. The number of carbonyl (C=O) groups is 1. The number of hydrogen-bond donors (Lipinski definition) is 1. The molecule has 1 atom stereocenters. The van der Waals surface area contributed by atoms with Crippen LogP contribution in [0.15, 0.2) is 43.2 Å². The van der Waals surface area contributed by atoms with Crippen LogP contribution >= 0.6 is 0 Å². The summed E-state index contributed by atoms with van der Waals surface area (Å²) < 4.78 is 1.40. The Morgan fingerprint density at radius 3 is 2.94 bits per heavy atom. The van der Waals surface area contributed by atoms with Gasteiger partial charge in [-0.15, -0.1) is 0 Å². The second-order valence-electron chi connectivity index (χ2n) is 3.43. The molecule has 0 fully saturated rings. The van der Waals surface area contributed by atoms with E-state index in [4.69, 9.17) is 0 Å². The molecule has 0 aromatic carbocycles. The summed E-state index contributed by atoms with van der Waals surface area (Å²) in [6, 6.07) is 3.48. The zero-order valence-corrected chi connectivity index (χ0v) is 8.87. The number of pyridine rings is 1. The molecule has 2 aromatic heterocycles. The van der Waals surface area contributed by atoms with Crippen molar-refractivity contribution in [2.24, 2.45) is 0 Å². The molecule has 5 heteroatoms. The quantitative estimate of drug-likeness (QED) is 0.829. The fourth-order valence-corrected chi connectivity index (χ4v) is 1.35. The first-order chi connectivity index (χ1) is 7.77. The lowest BCUT2D eigenvalue weighted by molar-refractivity contribution is 0.239. The Kier molecular flexibility index (Phi) is 2.95. The molecule has 0 spiro atoms. The highest BCUT2D eigenvalue weighted by atomic mass is 16.2. The van der Waals surface area contributed by atoms with Gasteiger partial charge in [0, 0.05) is 24.8 Å². The first-order valence-electron chi connectivity index (χ1n) is 4.96. The van der Waals surface area contributed by atoms with E-state index in [2.05, 4.69) is 15.3 Å². The lowest BCUT2D eigenvalue weighted by atomic mass is 10.1. The van der Waals surface area contributed by atoms with Gasteiger partial charge in [-0.3, -0.25) is 9.55 Å². The highest BCUT2D eigenvalue weighted by molar-refractivity contribution is 5.76. The summed E-state index contributed by atoms with van der Waals surface area (Å²) in [7, 11) is 0. The number of nitrogens with one attached hydrogen (secondary N) is 1. The van der Waals surface area contributed by atoms with Crippen LogP contribution in [0, 0.1) is 0 Å². The first kappa shape index (κ1) is 10.4. The predicted molar refractivity (Wildman–Crippen MR) is 58.8 cm³/mol. The van der Waals surface area contributed by atoms with Crippen molar-refractivity contribution in [1.82, 2.24) is 19.9 Å². The van der Waals surface area contributed by atoms with E-state index in [0.29, 0.717) is 0 Å². The maximum absolute atomic E-state index is 11.7. The fraction of sp³-hybridized carbons (Fsp3) is 0.182. The number of nitrogens with zero attached hydrogens (tertiary/aromatic N) is 3. The van der Waals surface area contributed by atoms with Crippen LogP contribution in [0.1, 0.15) is 18.5 Å². The molecule has 0 aliphatic rings. The minimum Gasteiger partial charge on any atom is -0.331 e. The molecular weight excluding hydrogens is 204 g/mol. The predicted octanol–water partition coefficient (Wildman–Crippen LogP) is 1.60. The Morgan fingerprint density at radius 2 is 2.31 bits per heavy atom. The second-order valence-corrected chi connectivity index (χ2v) is 3.43. The van der Waals surface area contributed by atoms with Crippen LogP contribution in [0.3, 0.4) is 0 Å². The van der Waals surface area contributed by atoms with Crippen molar-refractivity contribution in [2.45, 2.75) is 13.0 Å². The Hall–Kier alpha value is -2.17. The number of rotatable bonds is 2. The maximum atomic E-state index is 11.7. The van der Waals surface area contributed by atoms with Gasteiger partial charge < -0.3 is 5.32 Å². The molecule has 5 nitrogen and oxygen atoms in total. The molecule has 16 heavy (non-hydrogen) atoms. The van der Waals surface area contributed by atoms with E-state index in [-0.39, 0.29) is 12.1 Å². The van der Waals surface area contributed by atoms with Gasteiger partial charge in [0.1, 0.15) is 6.33 Å². The monoisotopic (exact) mass is 216 g/mol. The van der Waals surface area contributed by atoms with Crippen LogP contribution in [0.2, 0.25) is 0 Å². The van der Waals surface area contributed by atoms with E-state index in [1.807, 2.05) is 19.1 Å². The maximum Gasteiger partial charge on any atom is 0.327 e. The molecule has 1 unspecified atom stereocenters. The number of hydrogen-bond acceptors (Lipinski definition) is 3. The molecule has 1 amide bonds. The summed E-state index contributed by atoms with van der Waals surface area (Å²) in [5.41, 5.74) is 0.968. The normalized spacial score (nSPS) is 12.1. The SMILES string of the molecule is CC(NC(=O)n1ccnc1)c1cccnc1. The molecule has 2 heterocycles. The fourth-order valence-electron chi connectivity index (χ4n) is 1.35. The highest BCUT2D eigenvalue weighted by Crippen LogP contribution is 2.09. The van der Waals surface area contributed by atoms with Gasteiger partial charge in [-0.2, -0.15) is 0 Å². The summed E-state index contributed by atoms with van der Waals surface area (Å²) in [6.45, 7) is 1.91. The Morgan fingerprint density at radius 1 is 1.44 bits per heavy atom. The summed E-state index contributed by atoms with van der Waals surface area (Å²) in [5, 5.41) is 2.84. The third kappa shape index (κ3) is 2.25. The highest BCUT2D eigenvalue weighted by Gasteiger charge is 2.09. The molecular formula is C11H12N4O. The average molecular weight is 216 g/mol. The lowest BCUT2D eigenvalue weighted by Gasteiger charge is -2.13. The van der Waals surface area contributed by atoms with Crippen LogP contribution in [-0.4, -0.2) is 20.6 Å². The van der Waals surface area contributed by atoms with E-state index in [0.717, 1.165) is 5.56 Å². The Balaban J connectivity index is 2.03. The molecule has 1 N–H and O–H groups in total. The average Bonchev–Trinajstić information content (AvgIpc) is 2.83. The third-order valence-corrected chi connectivity index (χ3v) is 2.26. The van der Waals surface area contributed by atoms with Gasteiger partial charge in [-0.1, -0.05) is 6.07 Å². The van der Waals surface area contributed by atoms with Gasteiger partial charge in [-0.25, -0.2) is 9.78 Å². The lowest BCUT2D eigenvalue weighted by Crippen LogP contribution is -2.30. The second kappa shape index (κ2) is 4.57. The van der Waals surface area contributed by atoms with Gasteiger partial charge in [0.15, 0.2) is 0 Å². The molecule has 0 aliphatic carbocycles. The van der Waals surface area contributed by atoms with E-state index >= 15 is 0 Å².